The summed E-state index contributed by atoms with van der Waals surface area (Å²) in [5, 5.41) is 10.3. The smallest absolute Gasteiger partial charge is 0.420 e. The number of hydrogen-bond acceptors (Lipinski definition) is 15. The number of carbonyl (C=O) groups excluding carboxylic acids is 2. The number of aliphatic hydroxyl groups excluding tert-OH is 1. The van der Waals surface area contributed by atoms with Crippen molar-refractivity contribution in [3.8, 4) is 69.1 Å². The number of carbonyl (C=O) groups is 2. The van der Waals surface area contributed by atoms with Crippen molar-refractivity contribution in [3.63, 3.8) is 0 Å². The van der Waals surface area contributed by atoms with Crippen molar-refractivity contribution in [1.29, 1.82) is 0 Å². The molecule has 16 nitrogen and oxygen atoms in total. The second-order valence-corrected chi connectivity index (χ2v) is 21.8. The summed E-state index contributed by atoms with van der Waals surface area (Å²) in [7, 11) is 2.96. The van der Waals surface area contributed by atoms with E-state index in [0.717, 1.165) is 27.5 Å². The van der Waals surface area contributed by atoms with Gasteiger partial charge in [0.1, 0.15) is 22.7 Å². The van der Waals surface area contributed by atoms with Gasteiger partial charge in [0.15, 0.2) is 23.3 Å². The van der Waals surface area contributed by atoms with E-state index in [2.05, 4.69) is 71.4 Å². The highest BCUT2D eigenvalue weighted by Crippen LogP contribution is 2.33. The zero-order valence-electron chi connectivity index (χ0n) is 43.5. The van der Waals surface area contributed by atoms with Crippen LogP contribution in [0.4, 0.5) is 9.59 Å². The Labute approximate surface area is 432 Å². The molecule has 0 spiro atoms. The number of amides is 2. The highest BCUT2D eigenvalue weighted by molar-refractivity contribution is 6.33. The van der Waals surface area contributed by atoms with Crippen molar-refractivity contribution in [2.75, 3.05) is 27.4 Å². The Morgan fingerprint density at radius 2 is 0.875 bits per heavy atom. The Balaban J connectivity index is 0.000000288. The highest BCUT2D eigenvalue weighted by Gasteiger charge is 2.32. The quantitative estimate of drug-likeness (QED) is 0.115. The summed E-state index contributed by atoms with van der Waals surface area (Å²) in [6.07, 6.45) is -1.67. The second kappa shape index (κ2) is 23.7. The van der Waals surface area contributed by atoms with Crippen molar-refractivity contribution in [3.05, 3.63) is 106 Å². The third-order valence-electron chi connectivity index (χ3n) is 9.46. The predicted molar refractivity (Wildman–Crippen MR) is 278 cm³/mol. The molecule has 6 aromatic rings. The van der Waals surface area contributed by atoms with E-state index in [1.807, 2.05) is 48.5 Å². The monoisotopic (exact) mass is 1030 g/mol. The number of hydrogen-bond donors (Lipinski definition) is 1. The van der Waals surface area contributed by atoms with Gasteiger partial charge in [-0.25, -0.2) is 24.5 Å². The molecule has 0 unspecified atom stereocenters. The Hall–Kier alpha value is -6.62. The maximum atomic E-state index is 13.0. The van der Waals surface area contributed by atoms with Gasteiger partial charge in [0.25, 0.3) is 0 Å². The van der Waals surface area contributed by atoms with Crippen molar-refractivity contribution < 1.29 is 43.1 Å². The number of rotatable bonds is 13. The average molecular weight is 1030 g/mol. The zero-order valence-corrected chi connectivity index (χ0v) is 45.0. The maximum Gasteiger partial charge on any atom is 0.420 e. The summed E-state index contributed by atoms with van der Waals surface area (Å²) in [5.74, 6) is 2.97. The fourth-order valence-electron chi connectivity index (χ4n) is 6.10. The van der Waals surface area contributed by atoms with Gasteiger partial charge in [-0.3, -0.25) is 0 Å². The second-order valence-electron chi connectivity index (χ2n) is 21.0. The average Bonchev–Trinajstić information content (AvgIpc) is 3.31. The summed E-state index contributed by atoms with van der Waals surface area (Å²) in [6.45, 7) is 23.9. The first kappa shape index (κ1) is 56.3. The van der Waals surface area contributed by atoms with Crippen LogP contribution in [0.1, 0.15) is 94.2 Å². The first-order valence-electron chi connectivity index (χ1n) is 23.1. The summed E-state index contributed by atoms with van der Waals surface area (Å²) < 4.78 is 33.3. The minimum Gasteiger partial charge on any atom is -0.493 e. The van der Waals surface area contributed by atoms with Gasteiger partial charge in [0.05, 0.1) is 50.6 Å². The van der Waals surface area contributed by atoms with E-state index in [1.165, 1.54) is 14.2 Å². The minimum atomic E-state index is -0.836. The molecule has 2 amide bonds. The standard InChI is InChI=1S/C32H41ClN4O6.C22H24ClN3O3/c1-30(2,3)19-41-22-14-12-21(13-15-22)25-34-26(36-27(35-25)40-10)23-17-20(11-16-24(23)33)18-37(28(38)42-31(4,5)6)29(39)43-32(7,8)9;1-22(2,3)13-29-16-8-6-15(7-9-16)19-24-20(26-21(25-19)28-4)17-11-14(12-27)5-10-18(17)23/h11-17H,18-19H2,1-10H3;5-11,27H,12-13H2,1-4H3. The van der Waals surface area contributed by atoms with E-state index in [4.69, 9.17) is 51.6 Å². The van der Waals surface area contributed by atoms with Gasteiger partial charge in [-0.05, 0) is 136 Å². The van der Waals surface area contributed by atoms with Gasteiger partial charge in [0.2, 0.25) is 0 Å². The fraction of sp³-hybridized carbons (Fsp3) is 0.407. The molecule has 6 rings (SSSR count). The Morgan fingerprint density at radius 3 is 1.22 bits per heavy atom. The number of halogens is 2. The molecule has 0 atom stereocenters. The minimum absolute atomic E-state index is 0.0276. The predicted octanol–water partition coefficient (Wildman–Crippen LogP) is 12.7. The van der Waals surface area contributed by atoms with E-state index < -0.39 is 23.4 Å². The molecule has 0 bridgehead atoms. The van der Waals surface area contributed by atoms with Crippen LogP contribution in [-0.2, 0) is 22.6 Å². The van der Waals surface area contributed by atoms with Crippen LogP contribution >= 0.6 is 23.2 Å². The molecule has 0 saturated carbocycles. The molecule has 18 heteroatoms. The lowest BCUT2D eigenvalue weighted by Gasteiger charge is -2.28. The van der Waals surface area contributed by atoms with E-state index in [0.29, 0.717) is 63.0 Å². The maximum absolute atomic E-state index is 13.0. The number of imide groups is 1. The lowest BCUT2D eigenvalue weighted by atomic mass is 9.99. The Morgan fingerprint density at radius 1 is 0.514 bits per heavy atom. The molecule has 1 N–H and O–H groups in total. The highest BCUT2D eigenvalue weighted by atomic mass is 35.5. The molecule has 4 aromatic carbocycles. The SMILES string of the molecule is COc1nc(-c2ccc(OCC(C)(C)C)cc2)nc(-c2cc(CN(C(=O)OC(C)(C)C)C(=O)OC(C)(C)C)ccc2Cl)n1.COc1nc(-c2ccc(OCC(C)(C)C)cc2)nc(-c2cc(CO)ccc2Cl)n1. The van der Waals surface area contributed by atoms with Crippen LogP contribution in [0.25, 0.3) is 45.6 Å². The van der Waals surface area contributed by atoms with E-state index in [9.17, 15) is 14.7 Å². The van der Waals surface area contributed by atoms with Crippen LogP contribution in [-0.4, -0.2) is 90.7 Å². The summed E-state index contributed by atoms with van der Waals surface area (Å²) in [6, 6.07) is 25.5. The molecular formula is C54H65Cl2N7O9. The van der Waals surface area contributed by atoms with Crippen molar-refractivity contribution in [2.45, 2.75) is 107 Å². The van der Waals surface area contributed by atoms with Crippen LogP contribution in [0.2, 0.25) is 10.0 Å². The van der Waals surface area contributed by atoms with Gasteiger partial charge in [-0.15, -0.1) is 0 Å². The molecule has 0 fully saturated rings. The number of methoxy groups -OCH3 is 2. The molecule has 0 aliphatic carbocycles. The molecule has 384 valence electrons. The molecule has 0 aliphatic rings. The number of benzene rings is 4. The van der Waals surface area contributed by atoms with Crippen LogP contribution in [0, 0.1) is 10.8 Å². The van der Waals surface area contributed by atoms with Crippen molar-refractivity contribution in [2.24, 2.45) is 10.8 Å². The van der Waals surface area contributed by atoms with E-state index in [-0.39, 0.29) is 41.8 Å². The molecular weight excluding hydrogens is 962 g/mol. The van der Waals surface area contributed by atoms with Crippen LogP contribution in [0.5, 0.6) is 23.5 Å². The number of ether oxygens (including phenoxy) is 6. The van der Waals surface area contributed by atoms with E-state index >= 15 is 0 Å². The van der Waals surface area contributed by atoms with Gasteiger partial charge in [0, 0.05) is 22.3 Å². The fourth-order valence-corrected chi connectivity index (χ4v) is 6.50. The number of aliphatic hydroxyl groups is 1. The van der Waals surface area contributed by atoms with Crippen LogP contribution in [0.15, 0.2) is 84.9 Å². The summed E-state index contributed by atoms with van der Waals surface area (Å²) >= 11 is 12.9. The topological polar surface area (TPSA) is 190 Å². The Bertz CT molecular complexity index is 2770. The van der Waals surface area contributed by atoms with Gasteiger partial charge >= 0.3 is 24.2 Å². The zero-order chi connectivity index (χ0) is 53.2. The number of aromatic nitrogens is 6. The largest absolute Gasteiger partial charge is 0.493 e. The molecule has 2 aromatic heterocycles. The molecule has 0 saturated heterocycles. The third kappa shape index (κ3) is 17.3. The van der Waals surface area contributed by atoms with Crippen LogP contribution in [0.3, 0.4) is 0 Å². The first-order chi connectivity index (χ1) is 33.6. The number of nitrogens with zero attached hydrogens (tertiary/aromatic N) is 7. The summed E-state index contributed by atoms with van der Waals surface area (Å²) in [4.78, 5) is 53.7. The lowest BCUT2D eigenvalue weighted by molar-refractivity contribution is -0.000269. The van der Waals surface area contributed by atoms with Gasteiger partial charge in [-0.1, -0.05) is 76.9 Å². The van der Waals surface area contributed by atoms with Crippen LogP contribution < -0.4 is 18.9 Å². The molecule has 2 heterocycles. The van der Waals surface area contributed by atoms with E-state index in [1.54, 1.807) is 77.9 Å². The lowest BCUT2D eigenvalue weighted by Crippen LogP contribution is -2.43. The molecule has 0 aliphatic heterocycles. The van der Waals surface area contributed by atoms with Crippen molar-refractivity contribution in [1.82, 2.24) is 34.8 Å². The third-order valence-corrected chi connectivity index (χ3v) is 10.1. The Kier molecular flexibility index (Phi) is 18.6. The van der Waals surface area contributed by atoms with Gasteiger partial charge < -0.3 is 33.5 Å². The molecule has 72 heavy (non-hydrogen) atoms. The normalized spacial score (nSPS) is 11.7. The first-order valence-corrected chi connectivity index (χ1v) is 23.9. The van der Waals surface area contributed by atoms with Gasteiger partial charge in [-0.2, -0.15) is 19.9 Å². The van der Waals surface area contributed by atoms with Crippen molar-refractivity contribution >= 4 is 35.4 Å². The summed E-state index contributed by atoms with van der Waals surface area (Å²) in [5.41, 5.74) is 2.32. The molecule has 0 radical (unpaired) electrons.